The molecule has 2 nitrogen and oxygen atoms in total. The van der Waals surface area contributed by atoms with E-state index in [2.05, 4.69) is 13.0 Å². The quantitative estimate of drug-likeness (QED) is 0.783. The second kappa shape index (κ2) is 7.16. The molecule has 1 saturated heterocycles. The molecule has 2 aromatic carbocycles. The Kier molecular flexibility index (Phi) is 5.01. The number of halogens is 1. The normalized spacial score (nSPS) is 21.0. The van der Waals surface area contributed by atoms with Gasteiger partial charge in [-0.2, -0.15) is 0 Å². The minimum absolute atomic E-state index is 0.229. The summed E-state index contributed by atoms with van der Waals surface area (Å²) in [6.07, 6.45) is 1.09. The average Bonchev–Trinajstić information content (AvgIpc) is 2.92. The van der Waals surface area contributed by atoms with E-state index in [1.54, 1.807) is 23.9 Å². The molecule has 2 atom stereocenters. The van der Waals surface area contributed by atoms with Crippen molar-refractivity contribution in [3.05, 3.63) is 59.9 Å². The fourth-order valence-electron chi connectivity index (χ4n) is 2.35. The van der Waals surface area contributed by atoms with Crippen molar-refractivity contribution in [2.24, 2.45) is 5.92 Å². The predicted octanol–water partition coefficient (Wildman–Crippen LogP) is 4.88. The summed E-state index contributed by atoms with van der Waals surface area (Å²) in [5.74, 6) is 1.23. The standard InChI is InChI=1S/C18H19FO2S/c1-13-9-18(21-11-13)22-17-4-2-3-16(10-17)20-12-14-5-7-15(19)8-6-14/h2-8,10,13,18H,9,11-12H2,1H3/t13-,18?/m1/s1. The van der Waals surface area contributed by atoms with E-state index in [9.17, 15) is 4.39 Å². The minimum atomic E-state index is -0.229. The zero-order valence-corrected chi connectivity index (χ0v) is 13.3. The molecule has 116 valence electrons. The van der Waals surface area contributed by atoms with E-state index >= 15 is 0 Å². The highest BCUT2D eigenvalue weighted by Crippen LogP contribution is 2.34. The molecule has 3 rings (SSSR count). The van der Waals surface area contributed by atoms with Gasteiger partial charge in [0.15, 0.2) is 0 Å². The largest absolute Gasteiger partial charge is 0.489 e. The summed E-state index contributed by atoms with van der Waals surface area (Å²) in [6.45, 7) is 3.49. The molecular weight excluding hydrogens is 299 g/mol. The lowest BCUT2D eigenvalue weighted by molar-refractivity contribution is 0.166. The van der Waals surface area contributed by atoms with Crippen molar-refractivity contribution in [3.8, 4) is 5.75 Å². The van der Waals surface area contributed by atoms with E-state index in [0.717, 1.165) is 29.2 Å². The van der Waals surface area contributed by atoms with Crippen LogP contribution >= 0.6 is 11.8 Å². The van der Waals surface area contributed by atoms with E-state index in [0.29, 0.717) is 12.5 Å². The van der Waals surface area contributed by atoms with Crippen LogP contribution in [0.15, 0.2) is 53.4 Å². The topological polar surface area (TPSA) is 18.5 Å². The summed E-state index contributed by atoms with van der Waals surface area (Å²) < 4.78 is 24.4. The maximum atomic E-state index is 12.9. The Morgan fingerprint density at radius 2 is 2.05 bits per heavy atom. The lowest BCUT2D eigenvalue weighted by Crippen LogP contribution is -1.98. The number of ether oxygens (including phenoxy) is 2. The zero-order valence-electron chi connectivity index (χ0n) is 12.5. The highest BCUT2D eigenvalue weighted by atomic mass is 32.2. The van der Waals surface area contributed by atoms with Gasteiger partial charge in [-0.15, -0.1) is 0 Å². The molecule has 1 aliphatic rings. The number of hydrogen-bond donors (Lipinski definition) is 0. The third-order valence-electron chi connectivity index (χ3n) is 3.55. The second-order valence-electron chi connectivity index (χ2n) is 5.61. The van der Waals surface area contributed by atoms with Gasteiger partial charge in [-0.25, -0.2) is 4.39 Å². The Labute approximate surface area is 134 Å². The van der Waals surface area contributed by atoms with Crippen molar-refractivity contribution in [1.82, 2.24) is 0 Å². The van der Waals surface area contributed by atoms with Gasteiger partial charge in [0.25, 0.3) is 0 Å². The van der Waals surface area contributed by atoms with Crippen LogP contribution in [-0.2, 0) is 11.3 Å². The van der Waals surface area contributed by atoms with Crippen LogP contribution < -0.4 is 4.74 Å². The highest BCUT2D eigenvalue weighted by Gasteiger charge is 2.22. The number of benzene rings is 2. The summed E-state index contributed by atoms with van der Waals surface area (Å²) >= 11 is 1.74. The van der Waals surface area contributed by atoms with Crippen molar-refractivity contribution in [3.63, 3.8) is 0 Å². The maximum Gasteiger partial charge on any atom is 0.123 e. The molecule has 0 bridgehead atoms. The van der Waals surface area contributed by atoms with Crippen molar-refractivity contribution < 1.29 is 13.9 Å². The first-order valence-electron chi connectivity index (χ1n) is 7.44. The van der Waals surface area contributed by atoms with Gasteiger partial charge in [0, 0.05) is 4.90 Å². The number of hydrogen-bond acceptors (Lipinski definition) is 3. The second-order valence-corrected chi connectivity index (χ2v) is 6.84. The summed E-state index contributed by atoms with van der Waals surface area (Å²) in [5, 5.41) is 0. The van der Waals surface area contributed by atoms with E-state index in [-0.39, 0.29) is 11.3 Å². The van der Waals surface area contributed by atoms with Gasteiger partial charge in [-0.3, -0.25) is 0 Å². The molecule has 0 saturated carbocycles. The Hall–Kier alpha value is -1.52. The van der Waals surface area contributed by atoms with Gasteiger partial charge in [0.05, 0.1) is 6.61 Å². The minimum Gasteiger partial charge on any atom is -0.489 e. The molecule has 4 heteroatoms. The van der Waals surface area contributed by atoms with Gasteiger partial charge in [0.1, 0.15) is 23.6 Å². The molecule has 0 radical (unpaired) electrons. The van der Waals surface area contributed by atoms with Gasteiger partial charge < -0.3 is 9.47 Å². The first-order valence-corrected chi connectivity index (χ1v) is 8.32. The van der Waals surface area contributed by atoms with Crippen molar-refractivity contribution in [2.75, 3.05) is 6.61 Å². The van der Waals surface area contributed by atoms with Crippen LogP contribution in [0.4, 0.5) is 4.39 Å². The van der Waals surface area contributed by atoms with Crippen molar-refractivity contribution >= 4 is 11.8 Å². The van der Waals surface area contributed by atoms with Crippen molar-refractivity contribution in [2.45, 2.75) is 30.3 Å². The SMILES string of the molecule is C[C@H]1COC(Sc2cccc(OCc3ccc(F)cc3)c2)C1. The number of thioether (sulfide) groups is 1. The molecule has 22 heavy (non-hydrogen) atoms. The van der Waals surface area contributed by atoms with Gasteiger partial charge in [0.2, 0.25) is 0 Å². The molecule has 2 aromatic rings. The van der Waals surface area contributed by atoms with Crippen LogP contribution in [0.5, 0.6) is 5.75 Å². The average molecular weight is 318 g/mol. The van der Waals surface area contributed by atoms with Crippen LogP contribution in [0.1, 0.15) is 18.9 Å². The third-order valence-corrected chi connectivity index (χ3v) is 4.67. The molecule has 0 aromatic heterocycles. The number of rotatable bonds is 5. The molecule has 0 N–H and O–H groups in total. The van der Waals surface area contributed by atoms with Gasteiger partial charge >= 0.3 is 0 Å². The van der Waals surface area contributed by atoms with E-state index < -0.39 is 0 Å². The van der Waals surface area contributed by atoms with Crippen LogP contribution in [-0.4, -0.2) is 12.0 Å². The maximum absolute atomic E-state index is 12.9. The van der Waals surface area contributed by atoms with E-state index in [1.807, 2.05) is 18.2 Å². The van der Waals surface area contributed by atoms with Crippen LogP contribution in [0.3, 0.4) is 0 Å². The third kappa shape index (κ3) is 4.24. The fraction of sp³-hybridized carbons (Fsp3) is 0.333. The summed E-state index contributed by atoms with van der Waals surface area (Å²) in [6, 6.07) is 14.4. The van der Waals surface area contributed by atoms with Crippen LogP contribution in [0, 0.1) is 11.7 Å². The predicted molar refractivity (Wildman–Crippen MR) is 86.6 cm³/mol. The molecule has 1 heterocycles. The lowest BCUT2D eigenvalue weighted by atomic mass is 10.2. The molecule has 1 fully saturated rings. The monoisotopic (exact) mass is 318 g/mol. The highest BCUT2D eigenvalue weighted by molar-refractivity contribution is 7.99. The molecule has 0 spiro atoms. The first-order chi connectivity index (χ1) is 10.7. The Morgan fingerprint density at radius 3 is 2.77 bits per heavy atom. The molecular formula is C18H19FO2S. The van der Waals surface area contributed by atoms with Crippen LogP contribution in [0.2, 0.25) is 0 Å². The van der Waals surface area contributed by atoms with Crippen LogP contribution in [0.25, 0.3) is 0 Å². The van der Waals surface area contributed by atoms with Gasteiger partial charge in [-0.1, -0.05) is 36.9 Å². The molecule has 0 aliphatic carbocycles. The zero-order chi connectivity index (χ0) is 15.4. The summed E-state index contributed by atoms with van der Waals surface area (Å²) in [4.78, 5) is 1.15. The van der Waals surface area contributed by atoms with Crippen molar-refractivity contribution in [1.29, 1.82) is 0 Å². The molecule has 1 aliphatic heterocycles. The molecule has 0 amide bonds. The Morgan fingerprint density at radius 1 is 1.23 bits per heavy atom. The summed E-state index contributed by atoms with van der Waals surface area (Å²) in [7, 11) is 0. The van der Waals surface area contributed by atoms with E-state index in [1.165, 1.54) is 12.1 Å². The van der Waals surface area contributed by atoms with Gasteiger partial charge in [-0.05, 0) is 48.2 Å². The lowest BCUT2D eigenvalue weighted by Gasteiger charge is -2.11. The summed E-state index contributed by atoms with van der Waals surface area (Å²) in [5.41, 5.74) is 1.19. The first kappa shape index (κ1) is 15.4. The Bertz CT molecular complexity index is 615. The smallest absolute Gasteiger partial charge is 0.123 e. The van der Waals surface area contributed by atoms with E-state index in [4.69, 9.17) is 9.47 Å². The Balaban J connectivity index is 1.57. The fourth-order valence-corrected chi connectivity index (χ4v) is 3.57. The molecule has 1 unspecified atom stereocenters.